The van der Waals surface area contributed by atoms with E-state index in [1.54, 1.807) is 32.0 Å². The van der Waals surface area contributed by atoms with Crippen LogP contribution in [-0.2, 0) is 0 Å². The molecule has 0 saturated heterocycles. The Hall–Kier alpha value is 0.671. The molecule has 0 aliphatic rings. The first-order valence-corrected chi connectivity index (χ1v) is 4.28. The molecule has 0 aromatic heterocycles. The van der Waals surface area contributed by atoms with Crippen LogP contribution in [0.15, 0.2) is 18.2 Å². The number of halogens is 3. The minimum atomic E-state index is -5.23. The standard InChI is InChI=1S/C9H11BF3O.K/c1-6-4-3-5-7(2)8(6)9(14)10(11,12)13;/h3-5,9,14H,1-2H3;/q-1;+1. The molecule has 0 bridgehead atoms. The van der Waals surface area contributed by atoms with Crippen molar-refractivity contribution in [2.75, 3.05) is 0 Å². The summed E-state index contributed by atoms with van der Waals surface area (Å²) in [6.07, 6.45) is 0. The summed E-state index contributed by atoms with van der Waals surface area (Å²) in [5, 5.41) is 9.12. The molecule has 0 fully saturated rings. The topological polar surface area (TPSA) is 20.2 Å². The van der Waals surface area contributed by atoms with Crippen LogP contribution in [0.4, 0.5) is 12.9 Å². The van der Waals surface area contributed by atoms with Crippen molar-refractivity contribution in [1.82, 2.24) is 0 Å². The van der Waals surface area contributed by atoms with Gasteiger partial charge in [-0.1, -0.05) is 18.2 Å². The summed E-state index contributed by atoms with van der Waals surface area (Å²) in [6, 6.07) is 2.47. The van der Waals surface area contributed by atoms with Crippen molar-refractivity contribution in [3.63, 3.8) is 0 Å². The summed E-state index contributed by atoms with van der Waals surface area (Å²) < 4.78 is 36.9. The van der Waals surface area contributed by atoms with Gasteiger partial charge in [-0.3, -0.25) is 0 Å². The Balaban J connectivity index is 0.00000196. The molecule has 1 rings (SSSR count). The fourth-order valence-corrected chi connectivity index (χ4v) is 1.48. The molecule has 0 saturated carbocycles. The van der Waals surface area contributed by atoms with Crippen molar-refractivity contribution in [3.8, 4) is 0 Å². The Morgan fingerprint density at radius 3 is 1.87 bits per heavy atom. The average Bonchev–Trinajstić information content (AvgIpc) is 2.01. The number of benzene rings is 1. The second-order valence-corrected chi connectivity index (χ2v) is 3.38. The van der Waals surface area contributed by atoms with Crippen LogP contribution < -0.4 is 51.4 Å². The van der Waals surface area contributed by atoms with Gasteiger partial charge in [-0.05, 0) is 30.5 Å². The maximum atomic E-state index is 12.3. The SMILES string of the molecule is Cc1cccc(C)c1C(O)[B-](F)(F)F.[K+]. The molecule has 1 aromatic carbocycles. The summed E-state index contributed by atoms with van der Waals surface area (Å²) in [6.45, 7) is -2.11. The first kappa shape index (κ1) is 15.7. The van der Waals surface area contributed by atoms with E-state index in [1.807, 2.05) is 0 Å². The zero-order chi connectivity index (χ0) is 10.9. The molecule has 1 aromatic rings. The average molecular weight is 242 g/mol. The zero-order valence-corrected chi connectivity index (χ0v) is 12.1. The number of aryl methyl sites for hydroxylation is 2. The van der Waals surface area contributed by atoms with E-state index >= 15 is 0 Å². The van der Waals surface area contributed by atoms with Gasteiger partial charge in [-0.15, -0.1) is 0 Å². The maximum absolute atomic E-state index is 12.3. The molecule has 1 N–H and O–H groups in total. The molecule has 0 spiro atoms. The Bertz CT molecular complexity index is 320. The molecule has 1 unspecified atom stereocenters. The van der Waals surface area contributed by atoms with E-state index in [1.165, 1.54) is 0 Å². The third kappa shape index (κ3) is 3.87. The molecule has 0 radical (unpaired) electrons. The Morgan fingerprint density at radius 2 is 1.53 bits per heavy atom. The summed E-state index contributed by atoms with van der Waals surface area (Å²) in [4.78, 5) is 0. The van der Waals surface area contributed by atoms with Crippen molar-refractivity contribution in [2.24, 2.45) is 0 Å². The van der Waals surface area contributed by atoms with E-state index < -0.39 is 13.0 Å². The molecule has 78 valence electrons. The van der Waals surface area contributed by atoms with Crippen LogP contribution in [0.25, 0.3) is 0 Å². The fourth-order valence-electron chi connectivity index (χ4n) is 1.48. The first-order chi connectivity index (χ1) is 6.34. The quantitative estimate of drug-likeness (QED) is 0.708. The van der Waals surface area contributed by atoms with Crippen molar-refractivity contribution >= 4 is 6.98 Å². The molecule has 0 amide bonds. The van der Waals surface area contributed by atoms with Crippen LogP contribution in [0, 0.1) is 13.8 Å². The molecule has 0 aliphatic carbocycles. The van der Waals surface area contributed by atoms with Gasteiger partial charge in [-0.2, -0.15) is 0 Å². The molecular formula is C9H11BF3KO. The van der Waals surface area contributed by atoms with Crippen LogP contribution in [0.5, 0.6) is 0 Å². The Kier molecular flexibility index (Phi) is 6.10. The van der Waals surface area contributed by atoms with E-state index in [0.717, 1.165) is 0 Å². The molecule has 1 nitrogen and oxygen atoms in total. The van der Waals surface area contributed by atoms with Crippen molar-refractivity contribution < 1.29 is 69.4 Å². The first-order valence-electron chi connectivity index (χ1n) is 4.28. The van der Waals surface area contributed by atoms with E-state index in [4.69, 9.17) is 5.11 Å². The van der Waals surface area contributed by atoms with Crippen LogP contribution in [0.3, 0.4) is 0 Å². The van der Waals surface area contributed by atoms with Crippen molar-refractivity contribution in [1.29, 1.82) is 0 Å². The normalized spacial score (nSPS) is 13.2. The Labute approximate surface area is 130 Å². The van der Waals surface area contributed by atoms with Crippen LogP contribution in [0.1, 0.15) is 22.7 Å². The van der Waals surface area contributed by atoms with Gasteiger partial charge < -0.3 is 18.1 Å². The Morgan fingerprint density at radius 1 is 1.13 bits per heavy atom. The predicted molar refractivity (Wildman–Crippen MR) is 50.0 cm³/mol. The van der Waals surface area contributed by atoms with Gasteiger partial charge in [-0.25, -0.2) is 0 Å². The number of hydrogen-bond donors (Lipinski definition) is 1. The van der Waals surface area contributed by atoms with E-state index in [2.05, 4.69) is 0 Å². The van der Waals surface area contributed by atoms with Gasteiger partial charge in [0.2, 0.25) is 0 Å². The minimum Gasteiger partial charge on any atom is -0.447 e. The smallest absolute Gasteiger partial charge is 0.447 e. The molecule has 15 heavy (non-hydrogen) atoms. The molecule has 0 heterocycles. The van der Waals surface area contributed by atoms with Gasteiger partial charge in [0.05, 0.1) is 6.00 Å². The second kappa shape index (κ2) is 5.84. The third-order valence-corrected chi connectivity index (χ3v) is 2.20. The fraction of sp³-hybridized carbons (Fsp3) is 0.333. The molecule has 0 aliphatic heterocycles. The van der Waals surface area contributed by atoms with Gasteiger partial charge in [0, 0.05) is 0 Å². The molecule has 1 atom stereocenters. The molecule has 6 heteroatoms. The summed E-state index contributed by atoms with van der Waals surface area (Å²) in [5.41, 5.74) is 0.924. The minimum absolute atomic E-state index is 0. The van der Waals surface area contributed by atoms with Crippen LogP contribution in [0.2, 0.25) is 0 Å². The van der Waals surface area contributed by atoms with Crippen LogP contribution in [-0.4, -0.2) is 12.1 Å². The number of rotatable bonds is 2. The monoisotopic (exact) mass is 242 g/mol. The molecular weight excluding hydrogens is 231 g/mol. The summed E-state index contributed by atoms with van der Waals surface area (Å²) in [5.74, 6) is 0. The zero-order valence-electron chi connectivity index (χ0n) is 8.97. The second-order valence-electron chi connectivity index (χ2n) is 3.38. The van der Waals surface area contributed by atoms with Gasteiger partial charge >= 0.3 is 58.4 Å². The predicted octanol–water partition coefficient (Wildman–Crippen LogP) is -0.273. The number of hydrogen-bond acceptors (Lipinski definition) is 1. The van der Waals surface area contributed by atoms with E-state index in [0.29, 0.717) is 11.1 Å². The number of aliphatic hydroxyl groups is 1. The van der Waals surface area contributed by atoms with Gasteiger partial charge in [0.15, 0.2) is 0 Å². The van der Waals surface area contributed by atoms with Gasteiger partial charge in [0.1, 0.15) is 0 Å². The third-order valence-electron chi connectivity index (χ3n) is 2.20. The van der Waals surface area contributed by atoms with Crippen LogP contribution >= 0.6 is 0 Å². The maximum Gasteiger partial charge on any atom is 1.00 e. The van der Waals surface area contributed by atoms with E-state index in [9.17, 15) is 12.9 Å². The summed E-state index contributed by atoms with van der Waals surface area (Å²) in [7, 11) is 0. The number of aliphatic hydroxyl groups excluding tert-OH is 1. The van der Waals surface area contributed by atoms with Crippen molar-refractivity contribution in [3.05, 3.63) is 34.9 Å². The van der Waals surface area contributed by atoms with E-state index in [-0.39, 0.29) is 56.9 Å². The van der Waals surface area contributed by atoms with Crippen molar-refractivity contribution in [2.45, 2.75) is 19.9 Å². The van der Waals surface area contributed by atoms with Gasteiger partial charge in [0.25, 0.3) is 0 Å². The largest absolute Gasteiger partial charge is 1.00 e. The summed E-state index contributed by atoms with van der Waals surface area (Å²) >= 11 is 0.